The van der Waals surface area contributed by atoms with Crippen LogP contribution in [0.3, 0.4) is 0 Å². The van der Waals surface area contributed by atoms with Gasteiger partial charge in [-0.05, 0) is 60.9 Å². The number of nitrogens with zero attached hydrogens (tertiary/aromatic N) is 3. The molecule has 0 radical (unpaired) electrons. The number of nitrogens with two attached hydrogens (primary N) is 1. The van der Waals surface area contributed by atoms with E-state index >= 15 is 0 Å². The van der Waals surface area contributed by atoms with Gasteiger partial charge in [0.25, 0.3) is 0 Å². The molecule has 5 rings (SSSR count). The minimum absolute atomic E-state index is 0.291. The van der Waals surface area contributed by atoms with E-state index in [0.717, 1.165) is 44.4 Å². The van der Waals surface area contributed by atoms with Crippen LogP contribution in [0.25, 0.3) is 39.1 Å². The quantitative estimate of drug-likeness (QED) is 0.287. The second-order valence-corrected chi connectivity index (χ2v) is 8.23. The highest BCUT2D eigenvalue weighted by atomic mass is 19.1. The summed E-state index contributed by atoms with van der Waals surface area (Å²) in [6.07, 6.45) is 6.92. The number of pyridine rings is 1. The Balaban J connectivity index is 1.62. The topological polar surface area (TPSA) is 96.3 Å². The Morgan fingerprint density at radius 1 is 1.06 bits per heavy atom. The average molecular weight is 451 g/mol. The molecule has 0 saturated heterocycles. The van der Waals surface area contributed by atoms with E-state index in [2.05, 4.69) is 26.7 Å². The number of nitrogens with one attached hydrogen (secondary N) is 2. The number of H-pyrrole nitrogens is 2. The maximum Gasteiger partial charge on any atom is 0.159 e. The fourth-order valence-corrected chi connectivity index (χ4v) is 4.15. The first-order chi connectivity index (χ1) is 16.4. The van der Waals surface area contributed by atoms with Crippen LogP contribution in [0.2, 0.25) is 0 Å². The first-order valence-electron chi connectivity index (χ1n) is 10.8. The highest BCUT2D eigenvalue weighted by molar-refractivity contribution is 5.95. The number of hydrogen-bond acceptors (Lipinski definition) is 4. The third-order valence-electron chi connectivity index (χ3n) is 5.66. The minimum atomic E-state index is -0.291. The maximum atomic E-state index is 14.1. The van der Waals surface area contributed by atoms with Crippen LogP contribution in [0.5, 0.6) is 0 Å². The molecule has 4 N–H and O–H groups in total. The summed E-state index contributed by atoms with van der Waals surface area (Å²) in [5, 5.41) is 8.51. The van der Waals surface area contributed by atoms with E-state index < -0.39 is 0 Å². The monoisotopic (exact) mass is 450 g/mol. The van der Waals surface area contributed by atoms with E-state index in [1.54, 1.807) is 18.5 Å². The number of anilines is 1. The molecule has 0 spiro atoms. The van der Waals surface area contributed by atoms with Crippen molar-refractivity contribution in [3.8, 4) is 22.6 Å². The van der Waals surface area contributed by atoms with Crippen molar-refractivity contribution in [2.75, 3.05) is 5.73 Å². The Morgan fingerprint density at radius 3 is 2.68 bits per heavy atom. The van der Waals surface area contributed by atoms with Crippen LogP contribution in [0, 0.1) is 19.7 Å². The number of rotatable bonds is 5. The van der Waals surface area contributed by atoms with Crippen molar-refractivity contribution in [2.45, 2.75) is 13.8 Å². The predicted octanol–water partition coefficient (Wildman–Crippen LogP) is 5.97. The standard InChI is InChI=1S/C27H23FN6/c1-4-5-22(18-8-15(2)9-20(28)10-18)25-16(3)31-27(32-25)26-23-12-17(6-7-24(23)33-34-26)19-11-21(29)14-30-13-19/h4-14H,1,29H2,2-3H3,(H,31,32)(H,33,34)/b22-5-. The van der Waals surface area contributed by atoms with Crippen LogP contribution >= 0.6 is 0 Å². The lowest BCUT2D eigenvalue weighted by Gasteiger charge is -2.07. The fraction of sp³-hybridized carbons (Fsp3) is 0.0741. The number of aromatic amines is 2. The summed E-state index contributed by atoms with van der Waals surface area (Å²) in [5.74, 6) is 0.324. The summed E-state index contributed by atoms with van der Waals surface area (Å²) in [5.41, 5.74) is 13.9. The Hall–Kier alpha value is -4.52. The zero-order valence-corrected chi connectivity index (χ0v) is 18.9. The molecule has 0 unspecified atom stereocenters. The Morgan fingerprint density at radius 2 is 1.91 bits per heavy atom. The molecule has 0 aliphatic rings. The molecule has 0 atom stereocenters. The molecular formula is C27H23FN6. The van der Waals surface area contributed by atoms with E-state index in [1.165, 1.54) is 12.1 Å². The van der Waals surface area contributed by atoms with Crippen molar-refractivity contribution in [3.05, 3.63) is 102 Å². The normalized spacial score (nSPS) is 11.8. The zero-order chi connectivity index (χ0) is 23.8. The lowest BCUT2D eigenvalue weighted by molar-refractivity contribution is 0.626. The van der Waals surface area contributed by atoms with Crippen LogP contribution < -0.4 is 5.73 Å². The second kappa shape index (κ2) is 8.44. The van der Waals surface area contributed by atoms with Gasteiger partial charge < -0.3 is 10.7 Å². The zero-order valence-electron chi connectivity index (χ0n) is 18.9. The minimum Gasteiger partial charge on any atom is -0.397 e. The molecule has 3 heterocycles. The third-order valence-corrected chi connectivity index (χ3v) is 5.66. The van der Waals surface area contributed by atoms with Gasteiger partial charge in [-0.15, -0.1) is 0 Å². The lowest BCUT2D eigenvalue weighted by Crippen LogP contribution is -1.93. The Kier molecular flexibility index (Phi) is 5.30. The first kappa shape index (κ1) is 21.3. The number of aryl methyl sites for hydroxylation is 2. The van der Waals surface area contributed by atoms with Gasteiger partial charge in [-0.25, -0.2) is 9.37 Å². The van der Waals surface area contributed by atoms with Crippen LogP contribution in [-0.4, -0.2) is 25.1 Å². The number of imidazole rings is 1. The van der Waals surface area contributed by atoms with Gasteiger partial charge in [0.05, 0.1) is 16.9 Å². The van der Waals surface area contributed by atoms with Crippen molar-refractivity contribution in [2.24, 2.45) is 0 Å². The molecule has 0 bridgehead atoms. The van der Waals surface area contributed by atoms with E-state index in [4.69, 9.17) is 10.7 Å². The molecule has 2 aromatic carbocycles. The van der Waals surface area contributed by atoms with Crippen molar-refractivity contribution >= 4 is 22.2 Å². The molecule has 168 valence electrons. The van der Waals surface area contributed by atoms with E-state index in [-0.39, 0.29) is 5.82 Å². The van der Waals surface area contributed by atoms with Gasteiger partial charge in [0.1, 0.15) is 11.5 Å². The van der Waals surface area contributed by atoms with Gasteiger partial charge in [0.2, 0.25) is 0 Å². The number of halogens is 1. The molecule has 7 heteroatoms. The molecule has 5 aromatic rings. The molecular weight excluding hydrogens is 427 g/mol. The van der Waals surface area contributed by atoms with E-state index in [9.17, 15) is 4.39 Å². The van der Waals surface area contributed by atoms with Gasteiger partial charge in [0, 0.05) is 34.6 Å². The van der Waals surface area contributed by atoms with Crippen molar-refractivity contribution in [1.82, 2.24) is 25.1 Å². The summed E-state index contributed by atoms with van der Waals surface area (Å²) in [7, 11) is 0. The highest BCUT2D eigenvalue weighted by Gasteiger charge is 2.18. The Bertz CT molecular complexity index is 1550. The number of allylic oxidation sites excluding steroid dienone is 2. The van der Waals surface area contributed by atoms with E-state index in [1.807, 2.05) is 50.3 Å². The van der Waals surface area contributed by atoms with Crippen LogP contribution in [0.15, 0.2) is 73.6 Å². The smallest absolute Gasteiger partial charge is 0.159 e. The molecule has 0 aliphatic carbocycles. The summed E-state index contributed by atoms with van der Waals surface area (Å²) in [4.78, 5) is 12.4. The van der Waals surface area contributed by atoms with Crippen molar-refractivity contribution in [1.29, 1.82) is 0 Å². The highest BCUT2D eigenvalue weighted by Crippen LogP contribution is 2.32. The van der Waals surface area contributed by atoms with Gasteiger partial charge in [-0.3, -0.25) is 10.1 Å². The second-order valence-electron chi connectivity index (χ2n) is 8.23. The molecule has 0 saturated carbocycles. The lowest BCUT2D eigenvalue weighted by atomic mass is 9.99. The fourth-order valence-electron chi connectivity index (χ4n) is 4.15. The number of nitrogen functional groups attached to an aromatic ring is 1. The SMILES string of the molecule is C=C/C=C(/c1cc(C)cc(F)c1)c1nc(-c2n[nH]c3ccc(-c4cncc(N)c4)cc23)[nH]c1C. The van der Waals surface area contributed by atoms with Gasteiger partial charge in [-0.2, -0.15) is 5.10 Å². The molecule has 6 nitrogen and oxygen atoms in total. The summed E-state index contributed by atoms with van der Waals surface area (Å²) < 4.78 is 14.1. The summed E-state index contributed by atoms with van der Waals surface area (Å²) in [6, 6.07) is 12.8. The van der Waals surface area contributed by atoms with Crippen LogP contribution in [0.1, 0.15) is 22.5 Å². The van der Waals surface area contributed by atoms with E-state index in [0.29, 0.717) is 22.9 Å². The van der Waals surface area contributed by atoms with Gasteiger partial charge >= 0.3 is 0 Å². The predicted molar refractivity (Wildman–Crippen MR) is 134 cm³/mol. The largest absolute Gasteiger partial charge is 0.397 e. The third kappa shape index (κ3) is 3.88. The average Bonchev–Trinajstić information content (AvgIpc) is 3.39. The molecule has 34 heavy (non-hydrogen) atoms. The maximum absolute atomic E-state index is 14.1. The summed E-state index contributed by atoms with van der Waals surface area (Å²) in [6.45, 7) is 7.63. The molecule has 3 aromatic heterocycles. The summed E-state index contributed by atoms with van der Waals surface area (Å²) >= 11 is 0. The molecule has 0 aliphatic heterocycles. The molecule has 0 fully saturated rings. The van der Waals surface area contributed by atoms with Crippen LogP contribution in [-0.2, 0) is 0 Å². The van der Waals surface area contributed by atoms with Gasteiger partial charge in [-0.1, -0.05) is 30.9 Å². The number of benzene rings is 2. The number of aromatic nitrogens is 5. The first-order valence-corrected chi connectivity index (χ1v) is 10.8. The number of fused-ring (bicyclic) bond motifs is 1. The Labute approximate surface area is 196 Å². The van der Waals surface area contributed by atoms with Crippen molar-refractivity contribution in [3.63, 3.8) is 0 Å². The van der Waals surface area contributed by atoms with Crippen molar-refractivity contribution < 1.29 is 4.39 Å². The van der Waals surface area contributed by atoms with Gasteiger partial charge in [0.15, 0.2) is 5.82 Å². The number of hydrogen-bond donors (Lipinski definition) is 3. The molecule has 0 amide bonds. The van der Waals surface area contributed by atoms with Crippen LogP contribution in [0.4, 0.5) is 10.1 Å².